The zero-order valence-corrected chi connectivity index (χ0v) is 14.1. The molecular weight excluding hydrogens is 306 g/mol. The Kier molecular flexibility index (Phi) is 5.47. The van der Waals surface area contributed by atoms with Crippen LogP contribution in [0.3, 0.4) is 0 Å². The molecule has 1 aliphatic heterocycles. The number of amides is 1. The van der Waals surface area contributed by atoms with Crippen molar-refractivity contribution in [2.75, 3.05) is 13.1 Å². The van der Waals surface area contributed by atoms with Crippen LogP contribution in [-0.4, -0.2) is 29.0 Å². The maximum Gasteiger partial charge on any atom is 0.222 e. The lowest BCUT2D eigenvalue weighted by molar-refractivity contribution is -0.130. The molecule has 0 spiro atoms. The predicted octanol–water partition coefficient (Wildman–Crippen LogP) is 3.26. The van der Waals surface area contributed by atoms with Crippen LogP contribution in [0.5, 0.6) is 0 Å². The lowest BCUT2D eigenvalue weighted by Crippen LogP contribution is -2.29. The number of benzene rings is 1. The van der Waals surface area contributed by atoms with Crippen LogP contribution in [0.2, 0.25) is 0 Å². The second kappa shape index (κ2) is 7.75. The number of carbonyl (C=O) groups excluding carboxylic acids is 1. The van der Waals surface area contributed by atoms with Crippen molar-refractivity contribution in [3.05, 3.63) is 57.8 Å². The maximum absolute atomic E-state index is 12.3. The largest absolute Gasteiger partial charge is 0.392 e. The Balaban J connectivity index is 1.46. The fourth-order valence-corrected chi connectivity index (χ4v) is 3.89. The van der Waals surface area contributed by atoms with Crippen LogP contribution >= 0.6 is 11.3 Å². The van der Waals surface area contributed by atoms with E-state index in [1.165, 1.54) is 11.1 Å². The topological polar surface area (TPSA) is 40.5 Å². The Hall–Kier alpha value is -1.65. The van der Waals surface area contributed by atoms with E-state index in [1.807, 2.05) is 17.0 Å². The first-order chi connectivity index (χ1) is 11.2. The molecule has 1 N–H and O–H groups in total. The highest BCUT2D eigenvalue weighted by molar-refractivity contribution is 7.07. The first kappa shape index (κ1) is 16.2. The average Bonchev–Trinajstić information content (AvgIpc) is 3.25. The van der Waals surface area contributed by atoms with Crippen LogP contribution in [0.25, 0.3) is 0 Å². The average molecular weight is 329 g/mol. The fraction of sp³-hybridized carbons (Fsp3) is 0.421. The number of likely N-dealkylation sites (tertiary alicyclic amines) is 1. The molecule has 0 unspecified atom stereocenters. The Morgan fingerprint density at radius 2 is 1.96 bits per heavy atom. The zero-order chi connectivity index (χ0) is 16.1. The molecule has 3 rings (SSSR count). The predicted molar refractivity (Wildman–Crippen MR) is 93.4 cm³/mol. The number of hydrogen-bond donors (Lipinski definition) is 1. The molecule has 1 atom stereocenters. The quantitative estimate of drug-likeness (QED) is 0.884. The molecule has 1 aromatic carbocycles. The van der Waals surface area contributed by atoms with Gasteiger partial charge in [-0.15, -0.1) is 0 Å². The molecule has 23 heavy (non-hydrogen) atoms. The number of aryl methyl sites for hydroxylation is 1. The molecule has 0 radical (unpaired) electrons. The molecule has 1 fully saturated rings. The van der Waals surface area contributed by atoms with Gasteiger partial charge in [0.15, 0.2) is 0 Å². The summed E-state index contributed by atoms with van der Waals surface area (Å²) in [7, 11) is 0. The monoisotopic (exact) mass is 329 g/mol. The Bertz CT molecular complexity index is 621. The van der Waals surface area contributed by atoms with Gasteiger partial charge in [-0.05, 0) is 58.7 Å². The molecule has 1 aromatic heterocycles. The van der Waals surface area contributed by atoms with Crippen molar-refractivity contribution in [1.82, 2.24) is 4.90 Å². The van der Waals surface area contributed by atoms with Crippen LogP contribution < -0.4 is 0 Å². The molecule has 122 valence electrons. The summed E-state index contributed by atoms with van der Waals surface area (Å²) in [5.74, 6) is 0.842. The molecule has 1 aliphatic rings. The van der Waals surface area contributed by atoms with E-state index >= 15 is 0 Å². The fourth-order valence-electron chi connectivity index (χ4n) is 3.18. The second-order valence-corrected chi connectivity index (χ2v) is 7.08. The number of thiophene rings is 1. The lowest BCUT2D eigenvalue weighted by Gasteiger charge is -2.16. The molecule has 1 amide bonds. The third-order valence-corrected chi connectivity index (χ3v) is 5.31. The van der Waals surface area contributed by atoms with E-state index in [1.54, 1.807) is 11.3 Å². The summed E-state index contributed by atoms with van der Waals surface area (Å²) in [6.07, 6.45) is 3.58. The number of aliphatic hydroxyl groups is 1. The summed E-state index contributed by atoms with van der Waals surface area (Å²) >= 11 is 1.69. The highest BCUT2D eigenvalue weighted by Gasteiger charge is 2.25. The van der Waals surface area contributed by atoms with E-state index in [0.717, 1.165) is 37.9 Å². The van der Waals surface area contributed by atoms with Crippen molar-refractivity contribution < 1.29 is 9.90 Å². The minimum Gasteiger partial charge on any atom is -0.392 e. The van der Waals surface area contributed by atoms with E-state index in [2.05, 4.69) is 29.0 Å². The second-order valence-electron chi connectivity index (χ2n) is 6.30. The Morgan fingerprint density at radius 1 is 1.17 bits per heavy atom. The third-order valence-electron chi connectivity index (χ3n) is 4.58. The van der Waals surface area contributed by atoms with E-state index in [-0.39, 0.29) is 12.5 Å². The van der Waals surface area contributed by atoms with E-state index in [4.69, 9.17) is 5.11 Å². The standard InChI is InChI=1S/C19H23NO2S/c21-13-16-3-1-15(2-4-16)11-18-7-9-20(12-18)19(22)6-5-17-8-10-23-14-17/h1-4,8,10,14,18,21H,5-7,9,11-13H2/t18-/m0/s1. The number of nitrogens with zero attached hydrogens (tertiary/aromatic N) is 1. The van der Waals surface area contributed by atoms with Crippen molar-refractivity contribution in [2.45, 2.75) is 32.3 Å². The number of hydrogen-bond acceptors (Lipinski definition) is 3. The minimum atomic E-state index is 0.0934. The summed E-state index contributed by atoms with van der Waals surface area (Å²) in [6, 6.07) is 10.2. The van der Waals surface area contributed by atoms with E-state index in [9.17, 15) is 4.79 Å². The number of aliphatic hydroxyl groups excluding tert-OH is 1. The Labute approximate surface area is 141 Å². The number of carbonyl (C=O) groups is 1. The summed E-state index contributed by atoms with van der Waals surface area (Å²) in [6.45, 7) is 1.86. The van der Waals surface area contributed by atoms with Gasteiger partial charge in [-0.3, -0.25) is 4.79 Å². The molecule has 0 saturated carbocycles. The van der Waals surface area contributed by atoms with Crippen LogP contribution in [0.4, 0.5) is 0 Å². The van der Waals surface area contributed by atoms with Crippen LogP contribution in [0.15, 0.2) is 41.1 Å². The van der Waals surface area contributed by atoms with Gasteiger partial charge in [-0.25, -0.2) is 0 Å². The first-order valence-electron chi connectivity index (χ1n) is 8.22. The minimum absolute atomic E-state index is 0.0934. The van der Waals surface area contributed by atoms with Gasteiger partial charge in [0.2, 0.25) is 5.91 Å². The molecule has 0 aliphatic carbocycles. The smallest absolute Gasteiger partial charge is 0.222 e. The maximum atomic E-state index is 12.3. The van der Waals surface area contributed by atoms with Gasteiger partial charge in [0.25, 0.3) is 0 Å². The van der Waals surface area contributed by atoms with E-state index in [0.29, 0.717) is 12.3 Å². The van der Waals surface area contributed by atoms with Crippen LogP contribution in [0.1, 0.15) is 29.5 Å². The molecule has 2 aromatic rings. The number of rotatable bonds is 6. The van der Waals surface area contributed by atoms with Crippen LogP contribution in [-0.2, 0) is 24.2 Å². The van der Waals surface area contributed by atoms with Gasteiger partial charge < -0.3 is 10.0 Å². The highest BCUT2D eigenvalue weighted by Crippen LogP contribution is 2.22. The van der Waals surface area contributed by atoms with Gasteiger partial charge >= 0.3 is 0 Å². The summed E-state index contributed by atoms with van der Waals surface area (Å²) in [4.78, 5) is 14.4. The molecular formula is C19H23NO2S. The van der Waals surface area contributed by atoms with Crippen molar-refractivity contribution >= 4 is 17.2 Å². The van der Waals surface area contributed by atoms with E-state index < -0.39 is 0 Å². The van der Waals surface area contributed by atoms with Crippen molar-refractivity contribution in [2.24, 2.45) is 5.92 Å². The SMILES string of the molecule is O=C(CCc1ccsc1)N1CC[C@@H](Cc2ccc(CO)cc2)C1. The van der Waals surface area contributed by atoms with Gasteiger partial charge in [0.05, 0.1) is 6.61 Å². The molecule has 4 heteroatoms. The van der Waals surface area contributed by atoms with Crippen molar-refractivity contribution in [1.29, 1.82) is 0 Å². The summed E-state index contributed by atoms with van der Waals surface area (Å²) in [5.41, 5.74) is 3.51. The van der Waals surface area contributed by atoms with Crippen molar-refractivity contribution in [3.8, 4) is 0 Å². The molecule has 1 saturated heterocycles. The summed E-state index contributed by atoms with van der Waals surface area (Å²) < 4.78 is 0. The molecule has 0 bridgehead atoms. The lowest BCUT2D eigenvalue weighted by atomic mass is 9.98. The first-order valence-corrected chi connectivity index (χ1v) is 9.16. The van der Waals surface area contributed by atoms with Crippen LogP contribution in [0, 0.1) is 5.92 Å². The normalized spacial score (nSPS) is 17.6. The highest BCUT2D eigenvalue weighted by atomic mass is 32.1. The zero-order valence-electron chi connectivity index (χ0n) is 13.3. The van der Waals surface area contributed by atoms with Gasteiger partial charge in [0.1, 0.15) is 0 Å². The van der Waals surface area contributed by atoms with Gasteiger partial charge in [-0.2, -0.15) is 11.3 Å². The third kappa shape index (κ3) is 4.43. The Morgan fingerprint density at radius 3 is 2.65 bits per heavy atom. The molecule has 2 heterocycles. The van der Waals surface area contributed by atoms with Gasteiger partial charge in [-0.1, -0.05) is 24.3 Å². The van der Waals surface area contributed by atoms with Crippen molar-refractivity contribution in [3.63, 3.8) is 0 Å². The summed E-state index contributed by atoms with van der Waals surface area (Å²) in [5, 5.41) is 13.3. The molecule has 3 nitrogen and oxygen atoms in total. The van der Waals surface area contributed by atoms with Gasteiger partial charge in [0, 0.05) is 19.5 Å².